The summed E-state index contributed by atoms with van der Waals surface area (Å²) in [6.07, 6.45) is 5.89. The molecule has 0 radical (unpaired) electrons. The first kappa shape index (κ1) is 20.1. The lowest BCUT2D eigenvalue weighted by Crippen LogP contribution is -2.24. The molecule has 0 atom stereocenters. The van der Waals surface area contributed by atoms with Crippen LogP contribution in [0.25, 0.3) is 17.7 Å². The Kier molecular flexibility index (Phi) is 6.04. The molecule has 1 aliphatic carbocycles. The van der Waals surface area contributed by atoms with Crippen molar-refractivity contribution < 1.29 is 13.2 Å². The number of alkyl halides is 3. The lowest BCUT2D eigenvalue weighted by atomic mass is 9.86. The quantitative estimate of drug-likeness (QED) is 0.467. The van der Waals surface area contributed by atoms with Gasteiger partial charge >= 0.3 is 5.51 Å². The number of thioether (sulfide) groups is 1. The third kappa shape index (κ3) is 4.42. The fourth-order valence-corrected chi connectivity index (χ4v) is 4.23. The molecule has 4 rings (SSSR count). The molecule has 1 nitrogen and oxygen atoms in total. The van der Waals surface area contributed by atoms with Crippen LogP contribution in [0, 0.1) is 0 Å². The molecule has 0 unspecified atom stereocenters. The van der Waals surface area contributed by atoms with Crippen LogP contribution in [-0.2, 0) is 0 Å². The Morgan fingerprint density at radius 3 is 2.22 bits per heavy atom. The van der Waals surface area contributed by atoms with E-state index in [0.29, 0.717) is 0 Å². The van der Waals surface area contributed by atoms with Gasteiger partial charge in [0.15, 0.2) is 0 Å². The number of halogens is 4. The van der Waals surface area contributed by atoms with Crippen LogP contribution < -0.4 is 5.32 Å². The zero-order valence-corrected chi connectivity index (χ0v) is 16.1. The maximum Gasteiger partial charge on any atom is 0.446 e. The Morgan fingerprint density at radius 1 is 0.852 bits per heavy atom. The van der Waals surface area contributed by atoms with Crippen LogP contribution in [-0.4, -0.2) is 18.6 Å². The van der Waals surface area contributed by atoms with E-state index in [-0.39, 0.29) is 29.1 Å². The normalized spacial score (nSPS) is 16.3. The average molecular weight is 410 g/mol. The molecule has 1 heterocycles. The summed E-state index contributed by atoms with van der Waals surface area (Å²) >= 11 is -0.0487. The Bertz CT molecular complexity index is 895. The van der Waals surface area contributed by atoms with Crippen molar-refractivity contribution in [3.8, 4) is 0 Å². The van der Waals surface area contributed by atoms with Gasteiger partial charge in [-0.3, -0.25) is 0 Å². The van der Waals surface area contributed by atoms with Crippen molar-refractivity contribution >= 4 is 41.9 Å². The Balaban J connectivity index is 0.00000210. The van der Waals surface area contributed by atoms with Crippen LogP contribution in [0.3, 0.4) is 0 Å². The van der Waals surface area contributed by atoms with Crippen molar-refractivity contribution in [2.24, 2.45) is 0 Å². The lowest BCUT2D eigenvalue weighted by Gasteiger charge is -2.23. The van der Waals surface area contributed by atoms with Crippen LogP contribution in [0.15, 0.2) is 52.9 Å². The van der Waals surface area contributed by atoms with E-state index in [1.54, 1.807) is 18.2 Å². The number of benzene rings is 2. The van der Waals surface area contributed by atoms with Gasteiger partial charge in [0.1, 0.15) is 0 Å². The van der Waals surface area contributed by atoms with Gasteiger partial charge in [0.25, 0.3) is 0 Å². The van der Waals surface area contributed by atoms with Crippen molar-refractivity contribution in [2.45, 2.75) is 23.2 Å². The third-order valence-corrected chi connectivity index (χ3v) is 5.48. The summed E-state index contributed by atoms with van der Waals surface area (Å²) in [5.41, 5.74) is 2.21. The number of hydrogen-bond acceptors (Lipinski definition) is 2. The first-order valence-electron chi connectivity index (χ1n) is 8.62. The second-order valence-corrected chi connectivity index (χ2v) is 7.58. The van der Waals surface area contributed by atoms with Crippen molar-refractivity contribution in [1.82, 2.24) is 5.32 Å². The maximum atomic E-state index is 12.9. The van der Waals surface area contributed by atoms with Gasteiger partial charge in [-0.15, -0.1) is 12.4 Å². The standard InChI is InChI=1S/C21H18F3NS.ClH/c22-21(23,24)26-17-8-7-15-6-5-14-3-1-2-4-18(14)20(19(15)13-17)16-9-11-25-12-10-16;/h1-8,13,25H,9-12H2;1H. The highest BCUT2D eigenvalue weighted by Gasteiger charge is 2.30. The maximum absolute atomic E-state index is 12.9. The summed E-state index contributed by atoms with van der Waals surface area (Å²) in [6, 6.07) is 13.2. The molecule has 0 saturated carbocycles. The van der Waals surface area contributed by atoms with E-state index in [2.05, 4.69) is 23.5 Å². The van der Waals surface area contributed by atoms with E-state index < -0.39 is 5.51 Å². The Morgan fingerprint density at radius 2 is 1.52 bits per heavy atom. The second kappa shape index (κ2) is 8.13. The van der Waals surface area contributed by atoms with Gasteiger partial charge in [-0.2, -0.15) is 13.2 Å². The highest BCUT2D eigenvalue weighted by molar-refractivity contribution is 8.00. The molecule has 0 amide bonds. The summed E-state index contributed by atoms with van der Waals surface area (Å²) in [4.78, 5) is 0.232. The molecule has 2 aliphatic rings. The minimum Gasteiger partial charge on any atom is -0.316 e. The summed E-state index contributed by atoms with van der Waals surface area (Å²) < 4.78 is 38.6. The summed E-state index contributed by atoms with van der Waals surface area (Å²) in [7, 11) is 0. The molecule has 6 heteroatoms. The number of piperidine rings is 1. The van der Waals surface area contributed by atoms with Crippen molar-refractivity contribution in [3.05, 3.63) is 70.3 Å². The molecule has 1 fully saturated rings. The van der Waals surface area contributed by atoms with E-state index in [0.717, 1.165) is 53.8 Å². The highest BCUT2D eigenvalue weighted by atomic mass is 35.5. The molecule has 142 valence electrons. The van der Waals surface area contributed by atoms with Crippen LogP contribution >= 0.6 is 24.2 Å². The zero-order chi connectivity index (χ0) is 18.1. The van der Waals surface area contributed by atoms with Gasteiger partial charge in [-0.05, 0) is 77.7 Å². The zero-order valence-electron chi connectivity index (χ0n) is 14.5. The van der Waals surface area contributed by atoms with Gasteiger partial charge < -0.3 is 5.32 Å². The lowest BCUT2D eigenvalue weighted by molar-refractivity contribution is -0.0328. The third-order valence-electron chi connectivity index (χ3n) is 4.76. The molecule has 0 spiro atoms. The number of nitrogens with one attached hydrogen (secondary N) is 1. The molecule has 27 heavy (non-hydrogen) atoms. The molecule has 2 aromatic rings. The number of hydrogen-bond donors (Lipinski definition) is 1. The first-order valence-corrected chi connectivity index (χ1v) is 9.43. The highest BCUT2D eigenvalue weighted by Crippen LogP contribution is 2.42. The smallest absolute Gasteiger partial charge is 0.316 e. The molecular formula is C21H19ClF3NS. The average Bonchev–Trinajstić information content (AvgIpc) is 2.77. The van der Waals surface area contributed by atoms with Gasteiger partial charge in [0.2, 0.25) is 0 Å². The minimum absolute atomic E-state index is 0. The molecule has 1 N–H and O–H groups in total. The molecule has 0 bridgehead atoms. The van der Waals surface area contributed by atoms with Gasteiger partial charge in [0, 0.05) is 4.90 Å². The summed E-state index contributed by atoms with van der Waals surface area (Å²) in [5.74, 6) is 0. The van der Waals surface area contributed by atoms with Crippen LogP contribution in [0.2, 0.25) is 0 Å². The molecule has 1 aliphatic heterocycles. The van der Waals surface area contributed by atoms with Crippen LogP contribution in [0.1, 0.15) is 35.1 Å². The number of rotatable bonds is 1. The topological polar surface area (TPSA) is 12.0 Å². The number of fused-ring (bicyclic) bond motifs is 2. The van der Waals surface area contributed by atoms with Crippen LogP contribution in [0.4, 0.5) is 13.2 Å². The predicted octanol–water partition coefficient (Wildman–Crippen LogP) is 6.39. The molecule has 1 saturated heterocycles. The largest absolute Gasteiger partial charge is 0.446 e. The van der Waals surface area contributed by atoms with Crippen molar-refractivity contribution in [3.63, 3.8) is 0 Å². The fraction of sp³-hybridized carbons (Fsp3) is 0.238. The van der Waals surface area contributed by atoms with E-state index >= 15 is 0 Å². The summed E-state index contributed by atoms with van der Waals surface area (Å²) in [5, 5.41) is 3.36. The molecule has 2 aromatic carbocycles. The van der Waals surface area contributed by atoms with Gasteiger partial charge in [-0.1, -0.05) is 48.1 Å². The SMILES string of the molecule is Cl.FC(F)(F)Sc1ccc2c(c1)C(=C1CCNCC1)c1ccccc1C=C2. The van der Waals surface area contributed by atoms with E-state index in [1.807, 2.05) is 18.2 Å². The fourth-order valence-electron chi connectivity index (χ4n) is 3.65. The predicted molar refractivity (Wildman–Crippen MR) is 109 cm³/mol. The first-order chi connectivity index (χ1) is 12.5. The molecule has 0 aromatic heterocycles. The Hall–Kier alpha value is -1.69. The van der Waals surface area contributed by atoms with E-state index in [4.69, 9.17) is 0 Å². The summed E-state index contributed by atoms with van der Waals surface area (Å²) in [6.45, 7) is 1.81. The van der Waals surface area contributed by atoms with E-state index in [1.165, 1.54) is 5.57 Å². The van der Waals surface area contributed by atoms with Crippen molar-refractivity contribution in [2.75, 3.05) is 13.1 Å². The minimum atomic E-state index is -4.28. The Labute approximate surface area is 167 Å². The van der Waals surface area contributed by atoms with Gasteiger partial charge in [-0.25, -0.2) is 0 Å². The van der Waals surface area contributed by atoms with Gasteiger partial charge in [0.05, 0.1) is 0 Å². The van der Waals surface area contributed by atoms with Crippen LogP contribution in [0.5, 0.6) is 0 Å². The monoisotopic (exact) mass is 409 g/mol. The van der Waals surface area contributed by atoms with E-state index in [9.17, 15) is 13.2 Å². The van der Waals surface area contributed by atoms with Crippen molar-refractivity contribution in [1.29, 1.82) is 0 Å². The second-order valence-electron chi connectivity index (χ2n) is 6.45. The molecular weight excluding hydrogens is 391 g/mol.